The molecule has 0 aliphatic heterocycles. The summed E-state index contributed by atoms with van der Waals surface area (Å²) in [6.45, 7) is 2.26. The van der Waals surface area contributed by atoms with Crippen molar-refractivity contribution in [3.8, 4) is 11.1 Å². The number of amides is 1. The number of carbonyl (C=O) groups is 1. The van der Waals surface area contributed by atoms with E-state index in [0.717, 1.165) is 15.7 Å². The number of aryl methyl sites for hydroxylation is 1. The number of nitrogens with one attached hydrogen (secondary N) is 1. The van der Waals surface area contributed by atoms with Crippen LogP contribution < -0.4 is 5.32 Å². The van der Waals surface area contributed by atoms with Crippen molar-refractivity contribution in [1.82, 2.24) is 0 Å². The SMILES string of the molecule is Cc1cc(Br)ccc1NC(=O)OCC1c2ccccc2-c2ccccc21. The Hall–Kier alpha value is -2.59. The van der Waals surface area contributed by atoms with Gasteiger partial charge in [0.15, 0.2) is 0 Å². The van der Waals surface area contributed by atoms with Gasteiger partial charge in [-0.2, -0.15) is 0 Å². The first kappa shape index (κ1) is 16.9. The summed E-state index contributed by atoms with van der Waals surface area (Å²) in [6, 6.07) is 22.3. The van der Waals surface area contributed by atoms with Gasteiger partial charge in [-0.25, -0.2) is 4.79 Å². The minimum absolute atomic E-state index is 0.0687. The second-order valence-corrected chi connectivity index (χ2v) is 7.33. The molecule has 1 N–H and O–H groups in total. The fourth-order valence-corrected chi connectivity index (χ4v) is 3.99. The molecule has 1 amide bonds. The van der Waals surface area contributed by atoms with Gasteiger partial charge in [0.1, 0.15) is 6.61 Å². The number of carbonyl (C=O) groups excluding carboxylic acids is 1. The van der Waals surface area contributed by atoms with E-state index in [0.29, 0.717) is 6.61 Å². The zero-order valence-electron chi connectivity index (χ0n) is 14.3. The largest absolute Gasteiger partial charge is 0.448 e. The lowest BCUT2D eigenvalue weighted by Gasteiger charge is -2.15. The number of hydrogen-bond donors (Lipinski definition) is 1. The average molecular weight is 408 g/mol. The predicted molar refractivity (Wildman–Crippen MR) is 108 cm³/mol. The van der Waals surface area contributed by atoms with Crippen molar-refractivity contribution in [1.29, 1.82) is 0 Å². The molecule has 0 atom stereocenters. The average Bonchev–Trinajstić information content (AvgIpc) is 2.96. The maximum absolute atomic E-state index is 12.3. The van der Waals surface area contributed by atoms with Crippen LogP contribution in [0.3, 0.4) is 0 Å². The van der Waals surface area contributed by atoms with Gasteiger partial charge in [-0.05, 0) is 52.9 Å². The third kappa shape index (κ3) is 3.13. The number of ether oxygens (including phenoxy) is 1. The highest BCUT2D eigenvalue weighted by atomic mass is 79.9. The highest BCUT2D eigenvalue weighted by Gasteiger charge is 2.28. The zero-order valence-corrected chi connectivity index (χ0v) is 15.9. The molecule has 3 nitrogen and oxygen atoms in total. The van der Waals surface area contributed by atoms with Gasteiger partial charge in [-0.3, -0.25) is 5.32 Å². The minimum Gasteiger partial charge on any atom is -0.448 e. The van der Waals surface area contributed by atoms with Crippen LogP contribution in [0, 0.1) is 6.92 Å². The Labute approximate surface area is 161 Å². The quantitative estimate of drug-likeness (QED) is 0.567. The Morgan fingerprint density at radius 3 is 2.23 bits per heavy atom. The molecule has 4 rings (SSSR count). The summed E-state index contributed by atoms with van der Waals surface area (Å²) in [5, 5.41) is 2.83. The van der Waals surface area contributed by atoms with Crippen LogP contribution in [0.2, 0.25) is 0 Å². The van der Waals surface area contributed by atoms with Crippen molar-refractivity contribution in [2.24, 2.45) is 0 Å². The van der Waals surface area contributed by atoms with E-state index in [1.807, 2.05) is 49.4 Å². The Bertz CT molecular complexity index is 938. The number of hydrogen-bond acceptors (Lipinski definition) is 2. The standard InChI is InChI=1S/C22H18BrNO2/c1-14-12-15(23)10-11-21(14)24-22(25)26-13-20-18-8-4-2-6-16(18)17-7-3-5-9-19(17)20/h2-12,20H,13H2,1H3,(H,24,25). The summed E-state index contributed by atoms with van der Waals surface area (Å²) in [4.78, 5) is 12.3. The Morgan fingerprint density at radius 1 is 1.00 bits per heavy atom. The summed E-state index contributed by atoms with van der Waals surface area (Å²) in [7, 11) is 0. The van der Waals surface area contributed by atoms with Gasteiger partial charge in [0.25, 0.3) is 0 Å². The molecule has 130 valence electrons. The zero-order chi connectivity index (χ0) is 18.1. The van der Waals surface area contributed by atoms with Crippen molar-refractivity contribution in [2.75, 3.05) is 11.9 Å². The number of rotatable bonds is 3. The van der Waals surface area contributed by atoms with E-state index in [-0.39, 0.29) is 5.92 Å². The number of fused-ring (bicyclic) bond motifs is 3. The van der Waals surface area contributed by atoms with Crippen molar-refractivity contribution < 1.29 is 9.53 Å². The van der Waals surface area contributed by atoms with Gasteiger partial charge < -0.3 is 4.74 Å². The topological polar surface area (TPSA) is 38.3 Å². The molecule has 3 aromatic carbocycles. The lowest BCUT2D eigenvalue weighted by Crippen LogP contribution is -2.18. The Kier molecular flexibility index (Phi) is 4.51. The molecule has 1 aliphatic carbocycles. The molecule has 0 unspecified atom stereocenters. The van der Waals surface area contributed by atoms with Crippen LogP contribution in [0.4, 0.5) is 10.5 Å². The third-order valence-corrected chi connectivity index (χ3v) is 5.26. The molecule has 26 heavy (non-hydrogen) atoms. The maximum atomic E-state index is 12.3. The summed E-state index contributed by atoms with van der Waals surface area (Å²) in [5.41, 5.74) is 6.60. The lowest BCUT2D eigenvalue weighted by atomic mass is 9.98. The summed E-state index contributed by atoms with van der Waals surface area (Å²) >= 11 is 3.42. The second-order valence-electron chi connectivity index (χ2n) is 6.41. The first-order valence-corrected chi connectivity index (χ1v) is 9.31. The van der Waals surface area contributed by atoms with E-state index in [2.05, 4.69) is 45.5 Å². The molecular weight excluding hydrogens is 390 g/mol. The van der Waals surface area contributed by atoms with Crippen LogP contribution in [0.5, 0.6) is 0 Å². The van der Waals surface area contributed by atoms with E-state index in [1.54, 1.807) is 0 Å². The second kappa shape index (κ2) is 6.96. The summed E-state index contributed by atoms with van der Waals surface area (Å²) < 4.78 is 6.55. The van der Waals surface area contributed by atoms with Crippen molar-refractivity contribution >= 4 is 27.7 Å². The lowest BCUT2D eigenvalue weighted by molar-refractivity contribution is 0.158. The molecule has 0 aromatic heterocycles. The molecule has 0 bridgehead atoms. The van der Waals surface area contributed by atoms with Crippen LogP contribution >= 0.6 is 15.9 Å². The van der Waals surface area contributed by atoms with Gasteiger partial charge in [0, 0.05) is 16.1 Å². The molecule has 3 aromatic rings. The number of halogens is 1. The van der Waals surface area contributed by atoms with Crippen LogP contribution in [0.15, 0.2) is 71.2 Å². The monoisotopic (exact) mass is 407 g/mol. The molecule has 1 aliphatic rings. The molecular formula is C22H18BrNO2. The van der Waals surface area contributed by atoms with E-state index >= 15 is 0 Å². The normalized spacial score (nSPS) is 12.4. The Morgan fingerprint density at radius 2 is 1.62 bits per heavy atom. The van der Waals surface area contributed by atoms with E-state index in [9.17, 15) is 4.79 Å². The number of benzene rings is 3. The van der Waals surface area contributed by atoms with E-state index in [1.165, 1.54) is 22.3 Å². The van der Waals surface area contributed by atoms with Crippen LogP contribution in [0.1, 0.15) is 22.6 Å². The highest BCUT2D eigenvalue weighted by Crippen LogP contribution is 2.44. The predicted octanol–water partition coefficient (Wildman–Crippen LogP) is 6.12. The fraction of sp³-hybridized carbons (Fsp3) is 0.136. The summed E-state index contributed by atoms with van der Waals surface area (Å²) in [5.74, 6) is 0.0687. The van der Waals surface area contributed by atoms with E-state index in [4.69, 9.17) is 4.74 Å². The molecule has 0 saturated carbocycles. The molecule has 0 fully saturated rings. The molecule has 0 heterocycles. The van der Waals surface area contributed by atoms with Crippen molar-refractivity contribution in [3.63, 3.8) is 0 Å². The van der Waals surface area contributed by atoms with Crippen LogP contribution in [0.25, 0.3) is 11.1 Å². The first-order chi connectivity index (χ1) is 12.6. The van der Waals surface area contributed by atoms with Gasteiger partial charge in [-0.15, -0.1) is 0 Å². The molecule has 0 saturated heterocycles. The first-order valence-electron chi connectivity index (χ1n) is 8.51. The molecule has 0 radical (unpaired) electrons. The molecule has 0 spiro atoms. The van der Waals surface area contributed by atoms with Crippen LogP contribution in [-0.4, -0.2) is 12.7 Å². The minimum atomic E-state index is -0.433. The van der Waals surface area contributed by atoms with E-state index < -0.39 is 6.09 Å². The number of anilines is 1. The van der Waals surface area contributed by atoms with Crippen LogP contribution in [-0.2, 0) is 4.74 Å². The maximum Gasteiger partial charge on any atom is 0.411 e. The van der Waals surface area contributed by atoms with Crippen molar-refractivity contribution in [3.05, 3.63) is 87.9 Å². The Balaban J connectivity index is 1.50. The highest BCUT2D eigenvalue weighted by molar-refractivity contribution is 9.10. The third-order valence-electron chi connectivity index (χ3n) is 4.77. The van der Waals surface area contributed by atoms with Gasteiger partial charge in [0.2, 0.25) is 0 Å². The van der Waals surface area contributed by atoms with Gasteiger partial charge >= 0.3 is 6.09 Å². The van der Waals surface area contributed by atoms with Crippen molar-refractivity contribution in [2.45, 2.75) is 12.8 Å². The summed E-state index contributed by atoms with van der Waals surface area (Å²) in [6.07, 6.45) is -0.433. The fourth-order valence-electron chi connectivity index (χ4n) is 3.51. The van der Waals surface area contributed by atoms with Gasteiger partial charge in [0.05, 0.1) is 0 Å². The smallest absolute Gasteiger partial charge is 0.411 e. The van der Waals surface area contributed by atoms with Gasteiger partial charge in [-0.1, -0.05) is 64.5 Å². The molecule has 4 heteroatoms.